The van der Waals surface area contributed by atoms with Crippen LogP contribution in [0.15, 0.2) is 177 Å². The molecule has 6 atom stereocenters. The number of amides is 7. The van der Waals surface area contributed by atoms with Crippen molar-refractivity contribution < 1.29 is 76.2 Å². The van der Waals surface area contributed by atoms with Crippen molar-refractivity contribution in [3.05, 3.63) is 217 Å². The molecule has 2 saturated heterocycles. The van der Waals surface area contributed by atoms with E-state index < -0.39 is 46.6 Å². The Kier molecular flexibility index (Phi) is 31.9. The number of nitrogens with zero attached hydrogens (tertiary/aromatic N) is 11. The van der Waals surface area contributed by atoms with Crippen LogP contribution in [0.3, 0.4) is 0 Å². The number of rotatable bonds is 24. The minimum Gasteiger partial charge on any atom is -0.870 e. The van der Waals surface area contributed by atoms with Gasteiger partial charge in [0.25, 0.3) is 11.8 Å². The van der Waals surface area contributed by atoms with E-state index in [1.54, 1.807) is 120 Å². The number of likely N-dealkylation sites (tertiary alicyclic amines) is 2. The van der Waals surface area contributed by atoms with Crippen molar-refractivity contribution in [2.45, 2.75) is 164 Å². The van der Waals surface area contributed by atoms with Gasteiger partial charge in [-0.15, -0.1) is 6.20 Å². The third-order valence-electron chi connectivity index (χ3n) is 18.9. The maximum Gasteiger partial charge on any atom is 1.00 e. The molecule has 5 heterocycles. The number of hydrogen-bond acceptors (Lipinski definition) is 13. The summed E-state index contributed by atoms with van der Waals surface area (Å²) in [6.45, 7) is 24.5. The Labute approximate surface area is 645 Å². The molecule has 8 aromatic rings. The average molecular weight is 1480 g/mol. The molecule has 2 fully saturated rings. The second-order valence-corrected chi connectivity index (χ2v) is 30.2. The minimum atomic E-state index is -0.896. The topological polar surface area (TPSA) is 270 Å². The van der Waals surface area contributed by atoms with E-state index in [4.69, 9.17) is 4.74 Å². The van der Waals surface area contributed by atoms with E-state index in [2.05, 4.69) is 25.6 Å². The van der Waals surface area contributed by atoms with Crippen molar-refractivity contribution in [1.82, 2.24) is 63.8 Å². The number of carbonyl (C=O) groups is 7. The Morgan fingerprint density at radius 1 is 0.556 bits per heavy atom. The van der Waals surface area contributed by atoms with Crippen molar-refractivity contribution in [3.63, 3.8) is 0 Å². The van der Waals surface area contributed by atoms with E-state index in [-0.39, 0.29) is 95.7 Å². The molecule has 0 radical (unpaired) electrons. The van der Waals surface area contributed by atoms with Gasteiger partial charge in [-0.3, -0.25) is 38.7 Å². The van der Waals surface area contributed by atoms with Gasteiger partial charge in [-0.25, -0.2) is 23.5 Å². The molecule has 26 heteroatoms. The molecule has 0 aliphatic carbocycles. The average Bonchev–Trinajstić information content (AvgIpc) is 1.68. The van der Waals surface area contributed by atoms with Crippen LogP contribution in [0.25, 0.3) is 17.1 Å². The molecule has 0 spiro atoms. The van der Waals surface area contributed by atoms with E-state index in [1.807, 2.05) is 156 Å². The van der Waals surface area contributed by atoms with Crippen LogP contribution in [-0.2, 0) is 41.6 Å². The summed E-state index contributed by atoms with van der Waals surface area (Å²) in [5, 5.41) is 5.94. The molecule has 108 heavy (non-hydrogen) atoms. The molecule has 5 aromatic carbocycles. The molecule has 3 aromatic heterocycles. The van der Waals surface area contributed by atoms with Crippen molar-refractivity contribution in [1.29, 1.82) is 0 Å². The van der Waals surface area contributed by atoms with Crippen molar-refractivity contribution in [2.75, 3.05) is 46.3 Å². The number of benzene rings is 5. The number of halogens is 2. The summed E-state index contributed by atoms with van der Waals surface area (Å²) in [5.41, 5.74) is 3.56. The molecular formula is C82H103F2LiN13O10-. The van der Waals surface area contributed by atoms with Crippen LogP contribution in [0.1, 0.15) is 153 Å². The molecule has 7 amide bonds. The van der Waals surface area contributed by atoms with E-state index >= 15 is 0 Å². The Hall–Kier alpha value is -10.1. The fourth-order valence-corrected chi connectivity index (χ4v) is 12.3. The van der Waals surface area contributed by atoms with Crippen LogP contribution in [0.5, 0.6) is 0 Å². The number of hydrogen-bond donors (Lipinski definition) is 2. The van der Waals surface area contributed by atoms with Crippen LogP contribution in [0.4, 0.5) is 13.6 Å². The minimum absolute atomic E-state index is 0. The van der Waals surface area contributed by atoms with Crippen LogP contribution in [-0.4, -0.2) is 189 Å². The number of carbonyl (C=O) groups excluding carboxylic acids is 8. The quantitative estimate of drug-likeness (QED) is 0.0423. The second kappa shape index (κ2) is 39.7. The first-order valence-corrected chi connectivity index (χ1v) is 36.2. The number of likely N-dealkylation sites (N-methyl/N-ethyl adjacent to an activating group) is 1. The third kappa shape index (κ3) is 24.5. The Bertz CT molecular complexity index is 4220. The van der Waals surface area contributed by atoms with Crippen LogP contribution in [0.2, 0.25) is 0 Å². The predicted octanol–water partition coefficient (Wildman–Crippen LogP) is 8.90. The first-order chi connectivity index (χ1) is 50.3. The summed E-state index contributed by atoms with van der Waals surface area (Å²) in [4.78, 5) is 126. The van der Waals surface area contributed by atoms with Crippen LogP contribution >= 0.6 is 0 Å². The molecule has 0 bridgehead atoms. The largest absolute Gasteiger partial charge is 1.00 e. The summed E-state index contributed by atoms with van der Waals surface area (Å²) in [7, 11) is 1.49. The first-order valence-electron chi connectivity index (χ1n) is 36.2. The molecule has 23 nitrogen and oxygen atoms in total. The summed E-state index contributed by atoms with van der Waals surface area (Å²) >= 11 is 0. The normalized spacial score (nSPS) is 15.2. The summed E-state index contributed by atoms with van der Waals surface area (Å²) in [6, 6.07) is 38.4. The molecule has 0 unspecified atom stereocenters. The van der Waals surface area contributed by atoms with E-state index in [1.165, 1.54) is 36.2 Å². The summed E-state index contributed by atoms with van der Waals surface area (Å²) in [6.07, 6.45) is 15.6. The fraction of sp³-hybridized carbons (Fsp3) is 0.427. The molecule has 572 valence electrons. The van der Waals surface area contributed by atoms with Gasteiger partial charge in [0.05, 0.1) is 6.33 Å². The van der Waals surface area contributed by atoms with Gasteiger partial charge in [0, 0.05) is 100 Å². The van der Waals surface area contributed by atoms with E-state index in [0.717, 1.165) is 47.5 Å². The summed E-state index contributed by atoms with van der Waals surface area (Å²) < 4.78 is 37.9. The van der Waals surface area contributed by atoms with Gasteiger partial charge >= 0.3 is 25.0 Å². The zero-order valence-corrected chi connectivity index (χ0v) is 64.7. The van der Waals surface area contributed by atoms with Gasteiger partial charge in [0.1, 0.15) is 59.4 Å². The van der Waals surface area contributed by atoms with Crippen LogP contribution < -0.4 is 29.5 Å². The van der Waals surface area contributed by atoms with Crippen LogP contribution in [0, 0.1) is 28.4 Å². The SMILES string of the molecule is CC[C@@H](C)C(=O)N[C@H](C(=O)N1CCC[C@H]1CN(CCc1ccc(F)cc1)C(=O)c1cn(-c2ccccc2)cn1)C(C)(C)C.C[C@@H](C(=O)N[C@H](C(=O)N1CCC[C@H]1CN(CCc1ccc(F)cc1)C(=O)c1cn(-c2ccccc2)cn1)C(C)(C)C)N(C)C(=O)OC(C)(C)C.O=[C-]c1cn(-c2ccccc2)cn1.[Li+].[OH-]. The maximum absolute atomic E-state index is 14.3. The molecule has 10 rings (SSSR count). The third-order valence-corrected chi connectivity index (χ3v) is 18.9. The van der Waals surface area contributed by atoms with E-state index in [9.17, 15) is 47.1 Å². The Morgan fingerprint density at radius 2 is 0.926 bits per heavy atom. The predicted molar refractivity (Wildman–Crippen MR) is 405 cm³/mol. The number of nitrogens with one attached hydrogen (secondary N) is 2. The zero-order valence-electron chi connectivity index (χ0n) is 64.7. The van der Waals surface area contributed by atoms with Gasteiger partial charge in [-0.1, -0.05) is 134 Å². The summed E-state index contributed by atoms with van der Waals surface area (Å²) in [5.74, 6) is -2.32. The Morgan fingerprint density at radius 3 is 1.28 bits per heavy atom. The second-order valence-electron chi connectivity index (χ2n) is 30.2. The van der Waals surface area contributed by atoms with Crippen molar-refractivity contribution in [3.8, 4) is 17.1 Å². The van der Waals surface area contributed by atoms with Gasteiger partial charge in [0.15, 0.2) is 0 Å². The molecule has 2 aliphatic rings. The number of aromatic nitrogens is 6. The number of imidazole rings is 3. The first kappa shape index (κ1) is 86.8. The van der Waals surface area contributed by atoms with Gasteiger partial charge < -0.3 is 58.9 Å². The fourth-order valence-electron chi connectivity index (χ4n) is 12.3. The zero-order chi connectivity index (χ0) is 77.0. The van der Waals surface area contributed by atoms with Gasteiger partial charge in [-0.2, -0.15) is 0 Å². The smallest absolute Gasteiger partial charge is 0.870 e. The molecule has 3 N–H and O–H groups in total. The maximum atomic E-state index is 14.3. The molecule has 0 saturated carbocycles. The number of ether oxygens (including phenoxy) is 1. The van der Waals surface area contributed by atoms with E-state index in [0.29, 0.717) is 69.8 Å². The van der Waals surface area contributed by atoms with Gasteiger partial charge in [0.2, 0.25) is 23.6 Å². The Balaban J connectivity index is 0.000000286. The van der Waals surface area contributed by atoms with Crippen molar-refractivity contribution in [2.24, 2.45) is 16.7 Å². The number of para-hydroxylation sites is 3. The molecular weight excluding hydrogens is 1370 g/mol. The monoisotopic (exact) mass is 1470 g/mol. The standard InChI is InChI=1S/C38H51FN6O5.C34H44FN5O3.C10H7N2O.Li.H2O/c1-26(42(8)36(49)50-38(5,6)7)33(46)41-32(37(2,3)4)35(48)45-21-12-15-30(45)23-43(22-20-27-16-18-28(39)19-17-27)34(47)31-24-44(25-40-31)29-13-10-9-11-14-29;1-6-24(2)31(41)37-30(34(3,4)5)33(43)40-19-10-13-28(40)21-38(20-18-25-14-16-26(35)17-15-25)32(42)29-22-39(23-36-29)27-11-8-7-9-12-27;13-7-9-6-12(8-11-9)10-4-2-1-3-5-10;;/h9-11,13-14,16-19,24-26,30,32H,12,15,20-23H2,1-8H3,(H,41,46);7-9,11-12,14-17,22-24,28,30H,6,10,13,18-21H2,1-5H3,(H,37,41);1-6,8H;;1H2/q;;-1;+1;/p-1/t26-,30-,32+;24-,28+,30-;;;/m01.../s1. The molecule has 2 aliphatic heterocycles. The van der Waals surface area contributed by atoms with Gasteiger partial charge in [-0.05, 0) is 161 Å². The van der Waals surface area contributed by atoms with Crippen molar-refractivity contribution >= 4 is 47.8 Å².